The van der Waals surface area contributed by atoms with E-state index in [4.69, 9.17) is 11.6 Å². The lowest BCUT2D eigenvalue weighted by molar-refractivity contribution is -0.111. The van der Waals surface area contributed by atoms with Gasteiger partial charge < -0.3 is 5.32 Å². The van der Waals surface area contributed by atoms with E-state index in [1.165, 1.54) is 83.5 Å². The third kappa shape index (κ3) is 14.7. The van der Waals surface area contributed by atoms with Crippen molar-refractivity contribution in [2.24, 2.45) is 0 Å². The first-order chi connectivity index (χ1) is 13.2. The van der Waals surface area contributed by atoms with E-state index in [9.17, 15) is 4.79 Å². The Balaban J connectivity index is 1.88. The largest absolute Gasteiger partial charge is 0.385 e. The zero-order valence-corrected chi connectivity index (χ0v) is 18.2. The molecule has 0 unspecified atom stereocenters. The van der Waals surface area contributed by atoms with Crippen molar-refractivity contribution in [1.82, 2.24) is 0 Å². The molecule has 0 saturated carbocycles. The Morgan fingerprint density at radius 2 is 1.26 bits per heavy atom. The average molecular weight is 394 g/mol. The third-order valence-corrected chi connectivity index (χ3v) is 5.36. The summed E-state index contributed by atoms with van der Waals surface area (Å²) in [5.41, 5.74) is 2.32. The van der Waals surface area contributed by atoms with Crippen LogP contribution in [0.3, 0.4) is 0 Å². The van der Waals surface area contributed by atoms with Gasteiger partial charge in [0.15, 0.2) is 0 Å². The fraction of sp³-hybridized carbons (Fsp3) is 0.708. The molecule has 1 aromatic rings. The molecule has 0 bridgehead atoms. The van der Waals surface area contributed by atoms with Crippen LogP contribution in [0.1, 0.15) is 102 Å². The zero-order chi connectivity index (χ0) is 19.6. The van der Waals surface area contributed by atoms with Gasteiger partial charge in [-0.15, -0.1) is 0 Å². The van der Waals surface area contributed by atoms with Gasteiger partial charge in [0.05, 0.1) is 0 Å². The summed E-state index contributed by atoms with van der Waals surface area (Å²) in [6, 6.07) is 8.34. The Morgan fingerprint density at radius 3 is 1.74 bits per heavy atom. The lowest BCUT2D eigenvalue weighted by atomic mass is 10.0. The lowest BCUT2D eigenvalue weighted by Crippen LogP contribution is -2.01. The van der Waals surface area contributed by atoms with Gasteiger partial charge >= 0.3 is 0 Å². The molecule has 1 N–H and O–H groups in total. The van der Waals surface area contributed by atoms with Crippen molar-refractivity contribution in [1.29, 1.82) is 0 Å². The molecule has 154 valence electrons. The van der Waals surface area contributed by atoms with Gasteiger partial charge in [0, 0.05) is 18.7 Å². The Kier molecular flexibility index (Phi) is 15.2. The monoisotopic (exact) mass is 393 g/mol. The van der Waals surface area contributed by atoms with E-state index in [-0.39, 0.29) is 5.24 Å². The van der Waals surface area contributed by atoms with Crippen LogP contribution in [0.25, 0.3) is 0 Å². The molecule has 1 rings (SSSR count). The number of hydrogen-bond acceptors (Lipinski definition) is 2. The van der Waals surface area contributed by atoms with E-state index in [1.807, 2.05) is 0 Å². The number of anilines is 1. The second kappa shape index (κ2) is 17.1. The Morgan fingerprint density at radius 1 is 0.778 bits per heavy atom. The van der Waals surface area contributed by atoms with Crippen molar-refractivity contribution in [2.75, 3.05) is 11.9 Å². The van der Waals surface area contributed by atoms with Crippen molar-refractivity contribution < 1.29 is 4.79 Å². The molecule has 0 atom stereocenters. The summed E-state index contributed by atoms with van der Waals surface area (Å²) in [5.74, 6) is 0. The van der Waals surface area contributed by atoms with Crippen LogP contribution in [0, 0.1) is 0 Å². The SMILES string of the molecule is CCCCCCCCCCCCCCCNc1ccc(CCC(=O)Cl)cc1. The van der Waals surface area contributed by atoms with Gasteiger partial charge in [0.2, 0.25) is 5.24 Å². The van der Waals surface area contributed by atoms with Crippen molar-refractivity contribution >= 4 is 22.5 Å². The minimum Gasteiger partial charge on any atom is -0.385 e. The van der Waals surface area contributed by atoms with Gasteiger partial charge in [-0.05, 0) is 42.1 Å². The summed E-state index contributed by atoms with van der Waals surface area (Å²) < 4.78 is 0. The molecule has 1 aromatic carbocycles. The molecule has 0 radical (unpaired) electrons. The number of halogens is 1. The van der Waals surface area contributed by atoms with Crippen molar-refractivity contribution in [3.63, 3.8) is 0 Å². The Bertz CT molecular complexity index is 472. The average Bonchev–Trinajstić information content (AvgIpc) is 2.67. The highest BCUT2D eigenvalue weighted by molar-refractivity contribution is 6.63. The summed E-state index contributed by atoms with van der Waals surface area (Å²) in [6.07, 6.45) is 19.2. The smallest absolute Gasteiger partial charge is 0.221 e. The molecule has 0 aliphatic heterocycles. The molecule has 0 saturated heterocycles. The standard InChI is InChI=1S/C24H40ClNO/c1-2-3-4-5-6-7-8-9-10-11-12-13-14-21-26-23-18-15-22(16-19-23)17-20-24(25)27/h15-16,18-19,26H,2-14,17,20-21H2,1H3. The van der Waals surface area contributed by atoms with Crippen LogP contribution in [0.4, 0.5) is 5.69 Å². The fourth-order valence-corrected chi connectivity index (χ4v) is 3.50. The second-order valence-electron chi connectivity index (χ2n) is 7.72. The molecule has 0 spiro atoms. The van der Waals surface area contributed by atoms with E-state index in [1.54, 1.807) is 0 Å². The van der Waals surface area contributed by atoms with E-state index in [0.717, 1.165) is 24.2 Å². The Hall–Kier alpha value is -1.02. The maximum atomic E-state index is 10.8. The van der Waals surface area contributed by atoms with Gasteiger partial charge in [-0.2, -0.15) is 0 Å². The molecule has 27 heavy (non-hydrogen) atoms. The topological polar surface area (TPSA) is 29.1 Å². The summed E-state index contributed by atoms with van der Waals surface area (Å²) in [5, 5.41) is 3.22. The highest BCUT2D eigenvalue weighted by atomic mass is 35.5. The predicted octanol–water partition coefficient (Wildman–Crippen LogP) is 7.89. The number of carbonyl (C=O) groups excluding carboxylic acids is 1. The van der Waals surface area contributed by atoms with E-state index in [2.05, 4.69) is 36.5 Å². The number of hydrogen-bond donors (Lipinski definition) is 1. The van der Waals surface area contributed by atoms with E-state index >= 15 is 0 Å². The summed E-state index contributed by atoms with van der Waals surface area (Å²) in [7, 11) is 0. The quantitative estimate of drug-likeness (QED) is 0.203. The van der Waals surface area contributed by atoms with Gasteiger partial charge in [-0.3, -0.25) is 4.79 Å². The van der Waals surface area contributed by atoms with Crippen molar-refractivity contribution in [3.05, 3.63) is 29.8 Å². The van der Waals surface area contributed by atoms with Crippen LogP contribution in [0.5, 0.6) is 0 Å². The maximum absolute atomic E-state index is 10.8. The molecule has 0 fully saturated rings. The second-order valence-corrected chi connectivity index (χ2v) is 8.14. The molecular weight excluding hydrogens is 354 g/mol. The molecule has 0 heterocycles. The minimum atomic E-state index is -0.264. The molecule has 3 heteroatoms. The first-order valence-electron chi connectivity index (χ1n) is 11.2. The minimum absolute atomic E-state index is 0.264. The number of rotatable bonds is 18. The van der Waals surface area contributed by atoms with E-state index < -0.39 is 0 Å². The fourth-order valence-electron chi connectivity index (χ4n) is 3.41. The van der Waals surface area contributed by atoms with Crippen molar-refractivity contribution in [2.45, 2.75) is 103 Å². The van der Waals surface area contributed by atoms with Crippen LogP contribution >= 0.6 is 11.6 Å². The highest BCUT2D eigenvalue weighted by Gasteiger charge is 1.99. The van der Waals surface area contributed by atoms with Gasteiger partial charge in [0.25, 0.3) is 0 Å². The lowest BCUT2D eigenvalue weighted by Gasteiger charge is -2.07. The van der Waals surface area contributed by atoms with Crippen LogP contribution in [0.2, 0.25) is 0 Å². The molecule has 0 aliphatic carbocycles. The molecule has 0 aromatic heterocycles. The zero-order valence-electron chi connectivity index (χ0n) is 17.4. The van der Waals surface area contributed by atoms with Gasteiger partial charge in [-0.25, -0.2) is 0 Å². The van der Waals surface area contributed by atoms with Crippen LogP contribution in [-0.4, -0.2) is 11.8 Å². The predicted molar refractivity (Wildman–Crippen MR) is 120 cm³/mol. The molecule has 0 amide bonds. The number of carbonyl (C=O) groups is 1. The third-order valence-electron chi connectivity index (χ3n) is 5.17. The summed E-state index contributed by atoms with van der Waals surface area (Å²) >= 11 is 5.38. The summed E-state index contributed by atoms with van der Waals surface area (Å²) in [6.45, 7) is 3.32. The first kappa shape index (κ1) is 24.0. The van der Waals surface area contributed by atoms with Crippen LogP contribution in [-0.2, 0) is 11.2 Å². The Labute approximate surface area is 172 Å². The first-order valence-corrected chi connectivity index (χ1v) is 11.6. The number of aryl methyl sites for hydroxylation is 1. The molecular formula is C24H40ClNO. The van der Waals surface area contributed by atoms with Crippen LogP contribution in [0.15, 0.2) is 24.3 Å². The molecule has 2 nitrogen and oxygen atoms in total. The number of nitrogens with one attached hydrogen (secondary N) is 1. The van der Waals surface area contributed by atoms with Gasteiger partial charge in [0.1, 0.15) is 0 Å². The maximum Gasteiger partial charge on any atom is 0.221 e. The highest BCUT2D eigenvalue weighted by Crippen LogP contribution is 2.14. The normalized spacial score (nSPS) is 10.9. The van der Waals surface area contributed by atoms with Crippen LogP contribution < -0.4 is 5.32 Å². The number of unbranched alkanes of at least 4 members (excludes halogenated alkanes) is 12. The van der Waals surface area contributed by atoms with E-state index in [0.29, 0.717) is 6.42 Å². The van der Waals surface area contributed by atoms with Crippen molar-refractivity contribution in [3.8, 4) is 0 Å². The molecule has 0 aliphatic rings. The number of benzene rings is 1. The summed E-state index contributed by atoms with van der Waals surface area (Å²) in [4.78, 5) is 10.8. The van der Waals surface area contributed by atoms with Gasteiger partial charge in [-0.1, -0.05) is 96.1 Å².